The molecular formula is C28H17Cl2N3O7. The average molecular weight is 578 g/mol. The molecule has 0 spiro atoms. The number of rotatable bonds is 6. The summed E-state index contributed by atoms with van der Waals surface area (Å²) in [5.74, 6) is -2.75. The number of halogens is 2. The van der Waals surface area contributed by atoms with Crippen LogP contribution in [0.3, 0.4) is 0 Å². The molecule has 40 heavy (non-hydrogen) atoms. The fraction of sp³-hybridized carbons (Fsp3) is 0.0714. The number of nitro groups is 1. The molecule has 5 rings (SSSR count). The van der Waals surface area contributed by atoms with Crippen LogP contribution in [0.4, 0.5) is 17.1 Å². The number of hydrogen-bond acceptors (Lipinski definition) is 7. The second kappa shape index (κ2) is 10.4. The highest BCUT2D eigenvalue weighted by molar-refractivity contribution is 6.37. The number of ether oxygens (including phenoxy) is 1. The van der Waals surface area contributed by atoms with Crippen LogP contribution in [0.15, 0.2) is 72.8 Å². The van der Waals surface area contributed by atoms with Crippen molar-refractivity contribution in [3.8, 4) is 0 Å². The van der Waals surface area contributed by atoms with E-state index in [2.05, 4.69) is 5.32 Å². The lowest BCUT2D eigenvalue weighted by Gasteiger charge is -2.27. The maximum absolute atomic E-state index is 13.3. The third-order valence-electron chi connectivity index (χ3n) is 6.28. The largest absolute Gasteiger partial charge is 0.449 e. The lowest BCUT2D eigenvalue weighted by molar-refractivity contribution is -0.383. The molecule has 4 aromatic rings. The Morgan fingerprint density at radius 2 is 1.62 bits per heavy atom. The number of imide groups is 1. The summed E-state index contributed by atoms with van der Waals surface area (Å²) < 4.78 is 5.25. The fourth-order valence-electron chi connectivity index (χ4n) is 4.33. The van der Waals surface area contributed by atoms with E-state index in [1.54, 1.807) is 6.07 Å². The SMILES string of the molecule is C[C@@H](OC(=O)c1ccc(N2C(=O)c3cccc4c([N+](=O)[O-])ccc(c34)C2=O)cc1)C(=O)Nc1ccc(Cl)cc1Cl. The van der Waals surface area contributed by atoms with Crippen LogP contribution in [0, 0.1) is 10.1 Å². The first-order valence-corrected chi connectivity index (χ1v) is 12.5. The van der Waals surface area contributed by atoms with Gasteiger partial charge in [-0.2, -0.15) is 0 Å². The van der Waals surface area contributed by atoms with Crippen LogP contribution in [0.5, 0.6) is 0 Å². The van der Waals surface area contributed by atoms with E-state index >= 15 is 0 Å². The smallest absolute Gasteiger partial charge is 0.338 e. The highest BCUT2D eigenvalue weighted by Crippen LogP contribution is 2.37. The molecule has 1 aliphatic rings. The molecule has 0 radical (unpaired) electrons. The summed E-state index contributed by atoms with van der Waals surface area (Å²) in [5, 5.41) is 15.0. The van der Waals surface area contributed by atoms with Gasteiger partial charge in [-0.15, -0.1) is 0 Å². The zero-order valence-corrected chi connectivity index (χ0v) is 22.0. The number of hydrogen-bond donors (Lipinski definition) is 1. The van der Waals surface area contributed by atoms with Crippen molar-refractivity contribution in [1.29, 1.82) is 0 Å². The Kier molecular flexibility index (Phi) is 6.97. The minimum Gasteiger partial charge on any atom is -0.449 e. The molecule has 0 aromatic heterocycles. The van der Waals surface area contributed by atoms with Crippen LogP contribution >= 0.6 is 23.2 Å². The number of amides is 3. The predicted molar refractivity (Wildman–Crippen MR) is 148 cm³/mol. The average Bonchev–Trinajstić information content (AvgIpc) is 2.93. The highest BCUT2D eigenvalue weighted by atomic mass is 35.5. The number of esters is 1. The van der Waals surface area contributed by atoms with Crippen molar-refractivity contribution in [1.82, 2.24) is 0 Å². The minimum absolute atomic E-state index is 0.0722. The zero-order valence-electron chi connectivity index (χ0n) is 20.5. The molecule has 0 saturated carbocycles. The fourth-order valence-corrected chi connectivity index (χ4v) is 4.78. The first kappa shape index (κ1) is 26.8. The molecule has 12 heteroatoms. The van der Waals surface area contributed by atoms with Crippen LogP contribution in [-0.2, 0) is 9.53 Å². The van der Waals surface area contributed by atoms with Crippen LogP contribution in [0.1, 0.15) is 38.0 Å². The predicted octanol–water partition coefficient (Wildman–Crippen LogP) is 6.04. The molecule has 0 aliphatic carbocycles. The van der Waals surface area contributed by atoms with Gasteiger partial charge in [0.05, 0.1) is 32.3 Å². The number of carbonyl (C=O) groups excluding carboxylic acids is 4. The van der Waals surface area contributed by atoms with E-state index in [0.717, 1.165) is 4.90 Å². The topological polar surface area (TPSA) is 136 Å². The summed E-state index contributed by atoms with van der Waals surface area (Å²) in [4.78, 5) is 63.6. The number of carbonyl (C=O) groups is 4. The number of anilines is 2. The van der Waals surface area contributed by atoms with E-state index < -0.39 is 34.7 Å². The third-order valence-corrected chi connectivity index (χ3v) is 6.83. The molecular weight excluding hydrogens is 561 g/mol. The van der Waals surface area contributed by atoms with Gasteiger partial charge in [0.2, 0.25) is 0 Å². The molecule has 1 aliphatic heterocycles. The van der Waals surface area contributed by atoms with Crippen molar-refractivity contribution >= 4 is 74.7 Å². The Morgan fingerprint density at radius 3 is 2.27 bits per heavy atom. The van der Waals surface area contributed by atoms with Crippen molar-refractivity contribution in [3.05, 3.63) is 110 Å². The van der Waals surface area contributed by atoms with Crippen LogP contribution < -0.4 is 10.2 Å². The van der Waals surface area contributed by atoms with Gasteiger partial charge in [0, 0.05) is 27.6 Å². The minimum atomic E-state index is -1.18. The molecule has 200 valence electrons. The normalized spacial score (nSPS) is 13.2. The quantitative estimate of drug-likeness (QED) is 0.128. The van der Waals surface area contributed by atoms with Crippen LogP contribution in [0.2, 0.25) is 10.0 Å². The van der Waals surface area contributed by atoms with Gasteiger partial charge in [-0.1, -0.05) is 29.3 Å². The molecule has 0 unspecified atom stereocenters. The van der Waals surface area contributed by atoms with Crippen LogP contribution in [0.25, 0.3) is 10.8 Å². The van der Waals surface area contributed by atoms with Gasteiger partial charge in [-0.3, -0.25) is 24.5 Å². The standard InChI is InChI=1S/C28H17Cl2N3O7/c1-14(25(34)31-22-11-7-16(29)13-21(22)30)40-28(37)15-5-8-17(9-6-15)32-26(35)19-4-2-3-18-23(33(38)39)12-10-20(24(18)19)27(32)36/h2-14H,1H3,(H,31,34)/t14-/m1/s1. The van der Waals surface area contributed by atoms with Gasteiger partial charge in [0.25, 0.3) is 23.4 Å². The van der Waals surface area contributed by atoms with Gasteiger partial charge in [-0.05, 0) is 67.6 Å². The van der Waals surface area contributed by atoms with Crippen molar-refractivity contribution in [2.45, 2.75) is 13.0 Å². The van der Waals surface area contributed by atoms with E-state index in [0.29, 0.717) is 10.7 Å². The second-order valence-electron chi connectivity index (χ2n) is 8.77. The third kappa shape index (κ3) is 4.74. The molecule has 0 saturated heterocycles. The summed E-state index contributed by atoms with van der Waals surface area (Å²) in [6.07, 6.45) is -1.18. The first-order chi connectivity index (χ1) is 19.1. The van der Waals surface area contributed by atoms with Gasteiger partial charge in [-0.25, -0.2) is 9.69 Å². The van der Waals surface area contributed by atoms with Crippen LogP contribution in [-0.4, -0.2) is 34.7 Å². The Labute approximate surface area is 236 Å². The molecule has 4 aromatic carbocycles. The van der Waals surface area contributed by atoms with Crippen molar-refractivity contribution < 1.29 is 28.8 Å². The summed E-state index contributed by atoms with van der Waals surface area (Å²) in [6, 6.07) is 17.0. The van der Waals surface area contributed by atoms with Crippen molar-refractivity contribution in [2.24, 2.45) is 0 Å². The molecule has 1 N–H and O–H groups in total. The number of non-ortho nitro benzene ring substituents is 1. The summed E-state index contributed by atoms with van der Waals surface area (Å²) >= 11 is 11.9. The number of nitro benzene ring substituents is 1. The Bertz CT molecular complexity index is 1730. The highest BCUT2D eigenvalue weighted by Gasteiger charge is 2.35. The Morgan fingerprint density at radius 1 is 0.950 bits per heavy atom. The molecule has 0 bridgehead atoms. The Hall–Kier alpha value is -4.80. The monoisotopic (exact) mass is 577 g/mol. The van der Waals surface area contributed by atoms with E-state index in [9.17, 15) is 29.3 Å². The molecule has 1 heterocycles. The summed E-state index contributed by atoms with van der Waals surface area (Å²) in [7, 11) is 0. The summed E-state index contributed by atoms with van der Waals surface area (Å²) in [6.45, 7) is 1.39. The molecule has 3 amide bonds. The maximum Gasteiger partial charge on any atom is 0.338 e. The number of nitrogens with one attached hydrogen (secondary N) is 1. The zero-order chi connectivity index (χ0) is 28.7. The van der Waals surface area contributed by atoms with E-state index in [1.807, 2.05) is 0 Å². The molecule has 1 atom stereocenters. The van der Waals surface area contributed by atoms with Gasteiger partial charge >= 0.3 is 5.97 Å². The Balaban J connectivity index is 1.34. The maximum atomic E-state index is 13.3. The van der Waals surface area contributed by atoms with E-state index in [4.69, 9.17) is 27.9 Å². The van der Waals surface area contributed by atoms with Gasteiger partial charge < -0.3 is 10.1 Å². The lowest BCUT2D eigenvalue weighted by Crippen LogP contribution is -2.40. The van der Waals surface area contributed by atoms with Crippen molar-refractivity contribution in [2.75, 3.05) is 10.2 Å². The second-order valence-corrected chi connectivity index (χ2v) is 9.61. The number of nitrogens with zero attached hydrogens (tertiary/aromatic N) is 2. The van der Waals surface area contributed by atoms with E-state index in [-0.39, 0.29) is 43.9 Å². The molecule has 0 fully saturated rings. The van der Waals surface area contributed by atoms with Gasteiger partial charge in [0.15, 0.2) is 6.10 Å². The summed E-state index contributed by atoms with van der Waals surface area (Å²) in [5.41, 5.74) is 0.612. The molecule has 10 nitrogen and oxygen atoms in total. The number of benzene rings is 4. The van der Waals surface area contributed by atoms with Crippen molar-refractivity contribution in [3.63, 3.8) is 0 Å². The van der Waals surface area contributed by atoms with E-state index in [1.165, 1.54) is 73.7 Å². The lowest BCUT2D eigenvalue weighted by atomic mass is 9.92. The van der Waals surface area contributed by atoms with Gasteiger partial charge in [0.1, 0.15) is 0 Å². The first-order valence-electron chi connectivity index (χ1n) is 11.7.